The Bertz CT molecular complexity index is 850. The van der Waals surface area contributed by atoms with Gasteiger partial charge < -0.3 is 16.4 Å². The fourth-order valence-corrected chi connectivity index (χ4v) is 3.27. The van der Waals surface area contributed by atoms with E-state index in [-0.39, 0.29) is 11.6 Å². The van der Waals surface area contributed by atoms with Crippen LogP contribution in [0.5, 0.6) is 0 Å². The third-order valence-corrected chi connectivity index (χ3v) is 4.93. The average Bonchev–Trinajstić information content (AvgIpc) is 2.98. The van der Waals surface area contributed by atoms with E-state index < -0.39 is 17.9 Å². The summed E-state index contributed by atoms with van der Waals surface area (Å²) in [5, 5.41) is 6.05. The summed E-state index contributed by atoms with van der Waals surface area (Å²) in [5.74, 6) is -0.697. The lowest BCUT2D eigenvalue weighted by atomic mass is 10.1. The molecule has 10 heteroatoms. The van der Waals surface area contributed by atoms with Crippen molar-refractivity contribution in [2.24, 2.45) is 5.73 Å². The number of anilines is 1. The average molecular weight is 360 g/mol. The highest BCUT2D eigenvalue weighted by molar-refractivity contribution is 7.13. The fourth-order valence-electron chi connectivity index (χ4n) is 2.50. The van der Waals surface area contributed by atoms with Gasteiger partial charge in [-0.15, -0.1) is 11.3 Å². The molecule has 0 aliphatic carbocycles. The predicted octanol–water partition coefficient (Wildman–Crippen LogP) is 0.798. The zero-order valence-electron chi connectivity index (χ0n) is 13.4. The molecular weight excluding hydrogens is 344 g/mol. The Balaban J connectivity index is 1.80. The molecule has 1 unspecified atom stereocenters. The summed E-state index contributed by atoms with van der Waals surface area (Å²) in [6.45, 7) is 1.75. The van der Waals surface area contributed by atoms with Crippen molar-refractivity contribution in [1.29, 1.82) is 0 Å². The summed E-state index contributed by atoms with van der Waals surface area (Å²) in [6, 6.07) is -0.420. The third kappa shape index (κ3) is 3.63. The number of nitrogens with one attached hydrogen (secondary N) is 2. The number of fused-ring (bicyclic) bond motifs is 1. The maximum Gasteiger partial charge on any atom is 0.270 e. The summed E-state index contributed by atoms with van der Waals surface area (Å²) in [7, 11) is 0. The Hall–Kier alpha value is -2.88. The number of carbonyl (C=O) groups excluding carboxylic acids is 3. The van der Waals surface area contributed by atoms with Crippen LogP contribution < -0.4 is 16.4 Å². The molecule has 0 saturated heterocycles. The number of nitrogens with two attached hydrogens (primary N) is 1. The van der Waals surface area contributed by atoms with E-state index in [2.05, 4.69) is 25.6 Å². The van der Waals surface area contributed by atoms with Gasteiger partial charge >= 0.3 is 0 Å². The number of hydrogen-bond donors (Lipinski definition) is 3. The number of primary amides is 1. The van der Waals surface area contributed by atoms with Gasteiger partial charge in [-0.3, -0.25) is 14.4 Å². The van der Waals surface area contributed by atoms with Crippen LogP contribution in [-0.4, -0.2) is 32.7 Å². The van der Waals surface area contributed by atoms with E-state index in [0.29, 0.717) is 40.5 Å². The number of amides is 3. The summed E-state index contributed by atoms with van der Waals surface area (Å²) in [5.41, 5.74) is 6.06. The van der Waals surface area contributed by atoms with E-state index in [1.807, 2.05) is 0 Å². The number of carbonyl (C=O) groups is 3. The molecule has 0 radical (unpaired) electrons. The highest BCUT2D eigenvalue weighted by atomic mass is 32.1. The summed E-state index contributed by atoms with van der Waals surface area (Å²) < 4.78 is 0. The second-order valence-corrected chi connectivity index (χ2v) is 6.64. The summed E-state index contributed by atoms with van der Waals surface area (Å²) in [6.07, 6.45) is 4.17. The topological polar surface area (TPSA) is 140 Å². The lowest BCUT2D eigenvalue weighted by Gasteiger charge is -2.14. The van der Waals surface area contributed by atoms with Gasteiger partial charge in [-0.05, 0) is 19.8 Å². The van der Waals surface area contributed by atoms with Crippen LogP contribution >= 0.6 is 11.3 Å². The van der Waals surface area contributed by atoms with Crippen molar-refractivity contribution < 1.29 is 14.4 Å². The lowest BCUT2D eigenvalue weighted by Crippen LogP contribution is -2.29. The highest BCUT2D eigenvalue weighted by Crippen LogP contribution is 2.23. The quantitative estimate of drug-likeness (QED) is 0.736. The molecule has 2 aromatic heterocycles. The van der Waals surface area contributed by atoms with Crippen molar-refractivity contribution in [1.82, 2.24) is 20.3 Å². The second-order valence-electron chi connectivity index (χ2n) is 5.57. The SMILES string of the molecule is CC(NC(=O)c1ncnc2c1CCCC(=O)N2)c1ncc(C(N)=O)s1. The minimum atomic E-state index is -0.556. The Labute approximate surface area is 147 Å². The number of rotatable bonds is 4. The van der Waals surface area contributed by atoms with Crippen molar-refractivity contribution in [3.63, 3.8) is 0 Å². The molecule has 0 bridgehead atoms. The smallest absolute Gasteiger partial charge is 0.270 e. The summed E-state index contributed by atoms with van der Waals surface area (Å²) in [4.78, 5) is 47.9. The molecule has 3 rings (SSSR count). The van der Waals surface area contributed by atoms with E-state index in [0.717, 1.165) is 11.3 Å². The Morgan fingerprint density at radius 2 is 2.12 bits per heavy atom. The van der Waals surface area contributed by atoms with Crippen molar-refractivity contribution >= 4 is 34.9 Å². The molecule has 0 fully saturated rings. The molecule has 4 N–H and O–H groups in total. The molecule has 3 amide bonds. The fraction of sp³-hybridized carbons (Fsp3) is 0.333. The van der Waals surface area contributed by atoms with Gasteiger partial charge in [0.25, 0.3) is 11.8 Å². The van der Waals surface area contributed by atoms with Crippen LogP contribution in [0, 0.1) is 0 Å². The van der Waals surface area contributed by atoms with Crippen LogP contribution in [0.3, 0.4) is 0 Å². The molecule has 1 atom stereocenters. The normalized spacial score (nSPS) is 14.8. The zero-order chi connectivity index (χ0) is 18.0. The third-order valence-electron chi connectivity index (χ3n) is 3.73. The van der Waals surface area contributed by atoms with Crippen LogP contribution in [0.15, 0.2) is 12.5 Å². The molecule has 0 saturated carbocycles. The van der Waals surface area contributed by atoms with Crippen molar-refractivity contribution in [2.45, 2.75) is 32.2 Å². The van der Waals surface area contributed by atoms with E-state index in [1.165, 1.54) is 12.5 Å². The first-order valence-corrected chi connectivity index (χ1v) is 8.47. The predicted molar refractivity (Wildman–Crippen MR) is 90.1 cm³/mol. The van der Waals surface area contributed by atoms with Crippen LogP contribution in [0.25, 0.3) is 0 Å². The van der Waals surface area contributed by atoms with Crippen molar-refractivity contribution in [2.75, 3.05) is 5.32 Å². The first kappa shape index (κ1) is 17.0. The number of hydrogen-bond acceptors (Lipinski definition) is 7. The lowest BCUT2D eigenvalue weighted by molar-refractivity contribution is -0.116. The Morgan fingerprint density at radius 1 is 1.32 bits per heavy atom. The van der Waals surface area contributed by atoms with Gasteiger partial charge in [0.2, 0.25) is 5.91 Å². The minimum absolute atomic E-state index is 0.126. The standard InChI is InChI=1S/C15H16N6O3S/c1-7(15-17-5-9(25-15)12(16)23)20-14(24)11-8-3-2-4-10(22)21-13(8)19-6-18-11/h5-7H,2-4H2,1H3,(H2,16,23)(H,20,24)(H,18,19,21,22). The van der Waals surface area contributed by atoms with Crippen LogP contribution in [0.4, 0.5) is 5.82 Å². The zero-order valence-corrected chi connectivity index (χ0v) is 14.2. The van der Waals surface area contributed by atoms with Gasteiger partial charge in [-0.25, -0.2) is 15.0 Å². The Morgan fingerprint density at radius 3 is 2.84 bits per heavy atom. The molecule has 9 nitrogen and oxygen atoms in total. The van der Waals surface area contributed by atoms with E-state index in [4.69, 9.17) is 5.73 Å². The van der Waals surface area contributed by atoms with Crippen molar-refractivity contribution in [3.8, 4) is 0 Å². The van der Waals surface area contributed by atoms with Gasteiger partial charge in [0.1, 0.15) is 27.7 Å². The first-order valence-electron chi connectivity index (χ1n) is 7.66. The number of thiazole rings is 1. The minimum Gasteiger partial charge on any atom is -0.365 e. The molecule has 3 heterocycles. The largest absolute Gasteiger partial charge is 0.365 e. The molecule has 2 aromatic rings. The van der Waals surface area contributed by atoms with Crippen LogP contribution in [0.2, 0.25) is 0 Å². The van der Waals surface area contributed by atoms with E-state index in [1.54, 1.807) is 6.92 Å². The van der Waals surface area contributed by atoms with E-state index in [9.17, 15) is 14.4 Å². The van der Waals surface area contributed by atoms with Gasteiger partial charge in [-0.2, -0.15) is 0 Å². The summed E-state index contributed by atoms with van der Waals surface area (Å²) >= 11 is 1.13. The number of nitrogens with zero attached hydrogens (tertiary/aromatic N) is 3. The first-order chi connectivity index (χ1) is 12.0. The molecule has 0 spiro atoms. The molecule has 25 heavy (non-hydrogen) atoms. The van der Waals surface area contributed by atoms with Crippen molar-refractivity contribution in [3.05, 3.63) is 33.7 Å². The highest BCUT2D eigenvalue weighted by Gasteiger charge is 2.23. The monoisotopic (exact) mass is 360 g/mol. The van der Waals surface area contributed by atoms with Gasteiger partial charge in [0.05, 0.1) is 12.2 Å². The molecule has 1 aliphatic heterocycles. The molecule has 130 valence electrons. The molecule has 0 aromatic carbocycles. The van der Waals surface area contributed by atoms with E-state index >= 15 is 0 Å². The van der Waals surface area contributed by atoms with Gasteiger partial charge in [0.15, 0.2) is 0 Å². The molecule has 1 aliphatic rings. The molecular formula is C15H16N6O3S. The maximum atomic E-state index is 12.6. The maximum absolute atomic E-state index is 12.6. The Kier molecular flexibility index (Phi) is 4.70. The van der Waals surface area contributed by atoms with Crippen LogP contribution in [0.1, 0.15) is 56.5 Å². The van der Waals surface area contributed by atoms with Crippen LogP contribution in [-0.2, 0) is 11.2 Å². The second kappa shape index (κ2) is 6.93. The van der Waals surface area contributed by atoms with Gasteiger partial charge in [-0.1, -0.05) is 0 Å². The van der Waals surface area contributed by atoms with Gasteiger partial charge in [0, 0.05) is 12.0 Å². The number of aromatic nitrogens is 3.